The molecule has 1 fully saturated rings. The molecule has 2 N–H and O–H groups in total. The second-order valence-electron chi connectivity index (χ2n) is 7.21. The number of benzene rings is 1. The van der Waals surface area contributed by atoms with Gasteiger partial charge in [-0.3, -0.25) is 9.36 Å². The van der Waals surface area contributed by atoms with E-state index in [9.17, 15) is 32.6 Å². The predicted molar refractivity (Wildman–Crippen MR) is 94.7 cm³/mol. The Bertz CT molecular complexity index is 870. The minimum Gasteiger partial charge on any atom is -0.388 e. The Hall–Kier alpha value is -2.46. The van der Waals surface area contributed by atoms with E-state index in [1.165, 1.54) is 12.1 Å². The number of hydrogen-bond donors (Lipinski definition) is 2. The van der Waals surface area contributed by atoms with Gasteiger partial charge in [-0.2, -0.15) is 13.2 Å². The van der Waals surface area contributed by atoms with Crippen molar-refractivity contribution < 1.29 is 32.6 Å². The number of amides is 1. The molecule has 0 spiro atoms. The van der Waals surface area contributed by atoms with Crippen LogP contribution in [0.2, 0.25) is 0 Å². The van der Waals surface area contributed by atoms with E-state index in [0.717, 1.165) is 10.6 Å². The normalized spacial score (nSPS) is 18.0. The quantitative estimate of drug-likeness (QED) is 0.753. The SMILES string of the molecule is C[C@@](O)(C(=O)N1CCC(c2cnc(CO)n2-c2ccc(F)cc2)CC1)C(F)(F)F. The van der Waals surface area contributed by atoms with Crippen molar-refractivity contribution in [3.8, 4) is 5.69 Å². The summed E-state index contributed by atoms with van der Waals surface area (Å²) in [5, 5.41) is 19.2. The van der Waals surface area contributed by atoms with Crippen molar-refractivity contribution in [3.05, 3.63) is 47.8 Å². The highest BCUT2D eigenvalue weighted by Gasteiger charge is 2.57. The van der Waals surface area contributed by atoms with Gasteiger partial charge in [0.1, 0.15) is 18.2 Å². The maximum atomic E-state index is 13.3. The van der Waals surface area contributed by atoms with Crippen molar-refractivity contribution in [3.63, 3.8) is 0 Å². The maximum Gasteiger partial charge on any atom is 0.426 e. The van der Waals surface area contributed by atoms with Crippen molar-refractivity contribution >= 4 is 5.91 Å². The number of imidazole rings is 1. The summed E-state index contributed by atoms with van der Waals surface area (Å²) < 4.78 is 53.7. The number of alkyl halides is 3. The number of carbonyl (C=O) groups is 1. The Kier molecular flexibility index (Phi) is 5.68. The third kappa shape index (κ3) is 3.99. The first kappa shape index (κ1) is 21.3. The van der Waals surface area contributed by atoms with Gasteiger partial charge in [-0.05, 0) is 44.0 Å². The zero-order chi connectivity index (χ0) is 21.4. The Labute approximate surface area is 164 Å². The van der Waals surface area contributed by atoms with E-state index in [2.05, 4.69) is 4.98 Å². The van der Waals surface area contributed by atoms with Crippen molar-refractivity contribution in [2.45, 2.75) is 44.1 Å². The van der Waals surface area contributed by atoms with Gasteiger partial charge in [0, 0.05) is 36.6 Å². The summed E-state index contributed by atoms with van der Waals surface area (Å²) in [6.07, 6.45) is -2.77. The van der Waals surface area contributed by atoms with Crippen LogP contribution in [0.5, 0.6) is 0 Å². The largest absolute Gasteiger partial charge is 0.426 e. The lowest BCUT2D eigenvalue weighted by Gasteiger charge is -2.37. The molecular weight excluding hydrogens is 394 g/mol. The molecule has 1 aliphatic heterocycles. The number of aromatic nitrogens is 2. The fourth-order valence-corrected chi connectivity index (χ4v) is 3.50. The number of carbonyl (C=O) groups excluding carboxylic acids is 1. The molecule has 1 atom stereocenters. The van der Waals surface area contributed by atoms with Crippen LogP contribution in [0.4, 0.5) is 17.6 Å². The molecule has 0 bridgehead atoms. The molecule has 1 amide bonds. The second kappa shape index (κ2) is 7.75. The van der Waals surface area contributed by atoms with Gasteiger partial charge in [0.05, 0.1) is 0 Å². The van der Waals surface area contributed by atoms with Crippen LogP contribution in [0.15, 0.2) is 30.5 Å². The molecule has 0 unspecified atom stereocenters. The van der Waals surface area contributed by atoms with Gasteiger partial charge in [-0.15, -0.1) is 0 Å². The molecule has 0 aliphatic carbocycles. The number of rotatable bonds is 4. The Balaban J connectivity index is 1.79. The Morgan fingerprint density at radius 2 is 1.79 bits per heavy atom. The van der Waals surface area contributed by atoms with Crippen LogP contribution in [0, 0.1) is 5.82 Å². The standard InChI is InChI=1S/C19H21F4N3O3/c1-18(29,19(21,22)23)17(28)25-8-6-12(7-9-25)15-10-24-16(11-27)26(15)14-4-2-13(20)3-5-14/h2-5,10,12,27,29H,6-9,11H2,1H3/t18-/m1/s1. The summed E-state index contributed by atoms with van der Waals surface area (Å²) in [4.78, 5) is 17.3. The average molecular weight is 415 g/mol. The van der Waals surface area contributed by atoms with Crippen LogP contribution in [0.25, 0.3) is 5.69 Å². The highest BCUT2D eigenvalue weighted by molar-refractivity contribution is 5.85. The van der Waals surface area contributed by atoms with Crippen molar-refractivity contribution in [2.24, 2.45) is 0 Å². The Morgan fingerprint density at radius 3 is 2.31 bits per heavy atom. The van der Waals surface area contributed by atoms with Crippen molar-refractivity contribution in [1.82, 2.24) is 14.5 Å². The first-order chi connectivity index (χ1) is 13.6. The fourth-order valence-electron chi connectivity index (χ4n) is 3.50. The monoisotopic (exact) mass is 415 g/mol. The molecule has 29 heavy (non-hydrogen) atoms. The summed E-state index contributed by atoms with van der Waals surface area (Å²) in [5.41, 5.74) is -2.11. The summed E-state index contributed by atoms with van der Waals surface area (Å²) in [6, 6.07) is 5.64. The Morgan fingerprint density at radius 1 is 1.21 bits per heavy atom. The van der Waals surface area contributed by atoms with E-state index >= 15 is 0 Å². The van der Waals surface area contributed by atoms with E-state index < -0.39 is 23.5 Å². The molecule has 158 valence electrons. The zero-order valence-corrected chi connectivity index (χ0v) is 15.7. The lowest BCUT2D eigenvalue weighted by molar-refractivity contribution is -0.250. The molecule has 1 saturated heterocycles. The third-order valence-electron chi connectivity index (χ3n) is 5.26. The third-order valence-corrected chi connectivity index (χ3v) is 5.26. The van der Waals surface area contributed by atoms with E-state index in [-0.39, 0.29) is 25.6 Å². The van der Waals surface area contributed by atoms with Gasteiger partial charge in [0.15, 0.2) is 0 Å². The number of aliphatic hydroxyl groups is 2. The maximum absolute atomic E-state index is 13.3. The molecule has 1 aromatic heterocycles. The molecule has 1 aromatic carbocycles. The van der Waals surface area contributed by atoms with E-state index in [0.29, 0.717) is 31.3 Å². The van der Waals surface area contributed by atoms with E-state index in [4.69, 9.17) is 0 Å². The summed E-state index contributed by atoms with van der Waals surface area (Å²) in [6.45, 7) is 0.194. The van der Waals surface area contributed by atoms with Gasteiger partial charge < -0.3 is 15.1 Å². The van der Waals surface area contributed by atoms with Gasteiger partial charge in [0.25, 0.3) is 5.91 Å². The van der Waals surface area contributed by atoms with Gasteiger partial charge in [-0.1, -0.05) is 0 Å². The van der Waals surface area contributed by atoms with E-state index in [1.54, 1.807) is 22.9 Å². The second-order valence-corrected chi connectivity index (χ2v) is 7.21. The van der Waals surface area contributed by atoms with Crippen molar-refractivity contribution in [1.29, 1.82) is 0 Å². The topological polar surface area (TPSA) is 78.6 Å². The molecule has 3 rings (SSSR count). The summed E-state index contributed by atoms with van der Waals surface area (Å²) in [7, 11) is 0. The zero-order valence-electron chi connectivity index (χ0n) is 15.7. The molecule has 1 aliphatic rings. The van der Waals surface area contributed by atoms with Crippen LogP contribution in [-0.2, 0) is 11.4 Å². The average Bonchev–Trinajstić information content (AvgIpc) is 3.11. The summed E-state index contributed by atoms with van der Waals surface area (Å²) in [5.74, 6) is -1.56. The lowest BCUT2D eigenvalue weighted by Crippen LogP contribution is -2.57. The minimum absolute atomic E-state index is 0.0405. The number of nitrogens with zero attached hydrogens (tertiary/aromatic N) is 3. The molecule has 0 radical (unpaired) electrons. The van der Waals surface area contributed by atoms with Crippen molar-refractivity contribution in [2.75, 3.05) is 13.1 Å². The first-order valence-corrected chi connectivity index (χ1v) is 9.08. The molecule has 2 aromatic rings. The first-order valence-electron chi connectivity index (χ1n) is 9.08. The minimum atomic E-state index is -5.06. The summed E-state index contributed by atoms with van der Waals surface area (Å²) >= 11 is 0. The number of likely N-dealkylation sites (tertiary alicyclic amines) is 1. The van der Waals surface area contributed by atoms with Crippen LogP contribution < -0.4 is 0 Å². The lowest BCUT2D eigenvalue weighted by atomic mass is 9.92. The molecule has 0 saturated carbocycles. The van der Waals surface area contributed by atoms with Gasteiger partial charge in [0.2, 0.25) is 5.60 Å². The number of hydrogen-bond acceptors (Lipinski definition) is 4. The molecule has 2 heterocycles. The van der Waals surface area contributed by atoms with Gasteiger partial charge in [-0.25, -0.2) is 9.37 Å². The van der Waals surface area contributed by atoms with Crippen LogP contribution in [-0.4, -0.2) is 55.4 Å². The predicted octanol–water partition coefficient (Wildman–Crippen LogP) is 2.52. The van der Waals surface area contributed by atoms with Gasteiger partial charge >= 0.3 is 6.18 Å². The van der Waals surface area contributed by atoms with Crippen LogP contribution in [0.1, 0.15) is 37.2 Å². The van der Waals surface area contributed by atoms with Crippen LogP contribution >= 0.6 is 0 Å². The van der Waals surface area contributed by atoms with Crippen LogP contribution in [0.3, 0.4) is 0 Å². The highest BCUT2D eigenvalue weighted by atomic mass is 19.4. The number of piperidine rings is 1. The number of aliphatic hydroxyl groups excluding tert-OH is 1. The molecular formula is C19H21F4N3O3. The smallest absolute Gasteiger partial charge is 0.388 e. The fraction of sp³-hybridized carbons (Fsp3) is 0.474. The molecule has 6 nitrogen and oxygen atoms in total. The highest BCUT2D eigenvalue weighted by Crippen LogP contribution is 2.35. The number of halogens is 4. The van der Waals surface area contributed by atoms with E-state index in [1.807, 2.05) is 0 Å². The molecule has 10 heteroatoms.